The molecule has 0 fully saturated rings. The van der Waals surface area contributed by atoms with E-state index in [-0.39, 0.29) is 13.1 Å². The van der Waals surface area contributed by atoms with Crippen molar-refractivity contribution in [3.8, 4) is 0 Å². The standard InChI is InChI=1S/C7H14N2O5S/c1-14-7(11)6(10)8-4-3-5-9-15(2,12)13/h9H,3-5H2,1-2H3,(H,8,10). The summed E-state index contributed by atoms with van der Waals surface area (Å²) in [5.41, 5.74) is 0. The molecule has 0 spiro atoms. The third-order valence-electron chi connectivity index (χ3n) is 1.37. The molecule has 0 aromatic heterocycles. The van der Waals surface area contributed by atoms with Crippen LogP contribution in [0, 0.1) is 0 Å². The Kier molecular flexibility index (Phi) is 5.87. The summed E-state index contributed by atoms with van der Waals surface area (Å²) in [5.74, 6) is -1.80. The van der Waals surface area contributed by atoms with E-state index >= 15 is 0 Å². The van der Waals surface area contributed by atoms with Crippen LogP contribution in [0.1, 0.15) is 6.42 Å². The van der Waals surface area contributed by atoms with Gasteiger partial charge in [0.2, 0.25) is 10.0 Å². The van der Waals surface area contributed by atoms with Crippen LogP contribution in [0.25, 0.3) is 0 Å². The van der Waals surface area contributed by atoms with Crippen LogP contribution < -0.4 is 10.0 Å². The van der Waals surface area contributed by atoms with Crippen LogP contribution in [0.4, 0.5) is 0 Å². The fourth-order valence-electron chi connectivity index (χ4n) is 0.713. The number of carbonyl (C=O) groups excluding carboxylic acids is 2. The zero-order chi connectivity index (χ0) is 11.9. The van der Waals surface area contributed by atoms with Crippen LogP contribution in [0.15, 0.2) is 0 Å². The molecule has 1 amide bonds. The predicted octanol–water partition coefficient (Wildman–Crippen LogP) is -1.79. The van der Waals surface area contributed by atoms with E-state index in [1.165, 1.54) is 0 Å². The molecule has 0 saturated carbocycles. The van der Waals surface area contributed by atoms with Crippen molar-refractivity contribution in [3.63, 3.8) is 0 Å². The third kappa shape index (κ3) is 7.89. The maximum atomic E-state index is 10.8. The first kappa shape index (κ1) is 13.8. The molecule has 8 heteroatoms. The topological polar surface area (TPSA) is 102 Å². The van der Waals surface area contributed by atoms with Gasteiger partial charge in [-0.15, -0.1) is 0 Å². The summed E-state index contributed by atoms with van der Waals surface area (Å²) in [6.45, 7) is 0.413. The third-order valence-corrected chi connectivity index (χ3v) is 2.10. The fourth-order valence-corrected chi connectivity index (χ4v) is 1.23. The zero-order valence-electron chi connectivity index (χ0n) is 8.57. The highest BCUT2D eigenvalue weighted by molar-refractivity contribution is 7.88. The van der Waals surface area contributed by atoms with Gasteiger partial charge in [0.05, 0.1) is 13.4 Å². The van der Waals surface area contributed by atoms with E-state index in [1.54, 1.807) is 0 Å². The summed E-state index contributed by atoms with van der Waals surface area (Å²) in [5, 5.41) is 2.27. The summed E-state index contributed by atoms with van der Waals surface area (Å²) >= 11 is 0. The highest BCUT2D eigenvalue weighted by atomic mass is 32.2. The molecular weight excluding hydrogens is 224 g/mol. The quantitative estimate of drug-likeness (QED) is 0.335. The minimum absolute atomic E-state index is 0.205. The second-order valence-electron chi connectivity index (χ2n) is 2.77. The molecule has 88 valence electrons. The zero-order valence-corrected chi connectivity index (χ0v) is 9.39. The largest absolute Gasteiger partial charge is 0.462 e. The molecule has 0 rings (SSSR count). The molecule has 0 aliphatic carbocycles. The van der Waals surface area contributed by atoms with Gasteiger partial charge in [0, 0.05) is 13.1 Å². The molecule has 7 nitrogen and oxygen atoms in total. The van der Waals surface area contributed by atoms with Crippen LogP contribution in [-0.2, 0) is 24.3 Å². The van der Waals surface area contributed by atoms with Gasteiger partial charge in [-0.05, 0) is 6.42 Å². The van der Waals surface area contributed by atoms with Crippen LogP contribution >= 0.6 is 0 Å². The Morgan fingerprint density at radius 3 is 2.33 bits per heavy atom. The van der Waals surface area contributed by atoms with E-state index < -0.39 is 21.9 Å². The number of esters is 1. The van der Waals surface area contributed by atoms with E-state index in [0.29, 0.717) is 6.42 Å². The number of sulfonamides is 1. The highest BCUT2D eigenvalue weighted by Gasteiger charge is 2.11. The minimum Gasteiger partial charge on any atom is -0.462 e. The molecule has 0 aliphatic rings. The monoisotopic (exact) mass is 238 g/mol. The van der Waals surface area contributed by atoms with Gasteiger partial charge in [-0.1, -0.05) is 0 Å². The molecular formula is C7H14N2O5S. The van der Waals surface area contributed by atoms with Gasteiger partial charge in [0.15, 0.2) is 0 Å². The Morgan fingerprint density at radius 2 is 1.87 bits per heavy atom. The lowest BCUT2D eigenvalue weighted by Gasteiger charge is -2.03. The van der Waals surface area contributed by atoms with Gasteiger partial charge in [-0.3, -0.25) is 4.79 Å². The Balaban J connectivity index is 3.56. The van der Waals surface area contributed by atoms with E-state index in [1.807, 2.05) is 0 Å². The van der Waals surface area contributed by atoms with Crippen molar-refractivity contribution >= 4 is 21.9 Å². The summed E-state index contributed by atoms with van der Waals surface area (Å²) in [4.78, 5) is 21.4. The number of ether oxygens (including phenoxy) is 1. The molecule has 0 radical (unpaired) electrons. The van der Waals surface area contributed by atoms with Crippen LogP contribution in [0.2, 0.25) is 0 Å². The van der Waals surface area contributed by atoms with Crippen molar-refractivity contribution in [2.75, 3.05) is 26.5 Å². The Morgan fingerprint density at radius 1 is 1.27 bits per heavy atom. The molecule has 0 unspecified atom stereocenters. The number of amides is 1. The highest BCUT2D eigenvalue weighted by Crippen LogP contribution is 1.79. The van der Waals surface area contributed by atoms with Crippen molar-refractivity contribution in [1.82, 2.24) is 10.0 Å². The number of carbonyl (C=O) groups is 2. The summed E-state index contributed by atoms with van der Waals surface area (Å²) < 4.78 is 27.6. The lowest BCUT2D eigenvalue weighted by Crippen LogP contribution is -2.34. The van der Waals surface area contributed by atoms with Crippen molar-refractivity contribution < 1.29 is 22.7 Å². The molecule has 2 N–H and O–H groups in total. The van der Waals surface area contributed by atoms with Crippen LogP contribution in [-0.4, -0.2) is 46.7 Å². The van der Waals surface area contributed by atoms with E-state index in [2.05, 4.69) is 14.8 Å². The number of hydrogen-bond donors (Lipinski definition) is 2. The van der Waals surface area contributed by atoms with Crippen molar-refractivity contribution in [3.05, 3.63) is 0 Å². The number of hydrogen-bond acceptors (Lipinski definition) is 5. The molecule has 0 saturated heterocycles. The molecule has 0 atom stereocenters. The smallest absolute Gasteiger partial charge is 0.396 e. The summed E-state index contributed by atoms with van der Waals surface area (Å²) in [6, 6.07) is 0. The van der Waals surface area contributed by atoms with Crippen molar-refractivity contribution in [1.29, 1.82) is 0 Å². The second-order valence-corrected chi connectivity index (χ2v) is 4.60. The Hall–Kier alpha value is -1.15. The van der Waals surface area contributed by atoms with Crippen LogP contribution in [0.3, 0.4) is 0 Å². The van der Waals surface area contributed by atoms with Gasteiger partial charge in [-0.25, -0.2) is 17.9 Å². The average Bonchev–Trinajstić information content (AvgIpc) is 2.14. The minimum atomic E-state index is -3.20. The summed E-state index contributed by atoms with van der Waals surface area (Å²) in [6.07, 6.45) is 1.44. The molecule has 0 bridgehead atoms. The maximum Gasteiger partial charge on any atom is 0.396 e. The molecule has 0 aliphatic heterocycles. The maximum absolute atomic E-state index is 10.8. The first-order valence-corrected chi connectivity index (χ1v) is 6.06. The van der Waals surface area contributed by atoms with Gasteiger partial charge < -0.3 is 10.1 Å². The fraction of sp³-hybridized carbons (Fsp3) is 0.714. The molecule has 0 aromatic carbocycles. The average molecular weight is 238 g/mol. The number of methoxy groups -OCH3 is 1. The lowest BCUT2D eigenvalue weighted by atomic mass is 10.4. The molecule has 0 aromatic rings. The second kappa shape index (κ2) is 6.36. The molecule has 0 heterocycles. The number of rotatable bonds is 5. The van der Waals surface area contributed by atoms with Gasteiger partial charge >= 0.3 is 11.9 Å². The van der Waals surface area contributed by atoms with E-state index in [0.717, 1.165) is 13.4 Å². The Bertz CT molecular complexity index is 324. The lowest BCUT2D eigenvalue weighted by molar-refractivity contribution is -0.152. The summed E-state index contributed by atoms with van der Waals surface area (Å²) in [7, 11) is -2.10. The number of nitrogens with one attached hydrogen (secondary N) is 2. The first-order valence-electron chi connectivity index (χ1n) is 4.17. The van der Waals surface area contributed by atoms with Gasteiger partial charge in [0.25, 0.3) is 0 Å². The van der Waals surface area contributed by atoms with Crippen LogP contribution in [0.5, 0.6) is 0 Å². The first-order chi connectivity index (χ1) is 6.87. The van der Waals surface area contributed by atoms with Crippen molar-refractivity contribution in [2.45, 2.75) is 6.42 Å². The normalized spacial score (nSPS) is 10.8. The predicted molar refractivity (Wildman–Crippen MR) is 52.5 cm³/mol. The Labute approximate surface area is 88.2 Å². The molecule has 15 heavy (non-hydrogen) atoms. The van der Waals surface area contributed by atoms with E-state index in [9.17, 15) is 18.0 Å². The van der Waals surface area contributed by atoms with Crippen molar-refractivity contribution in [2.24, 2.45) is 0 Å². The van der Waals surface area contributed by atoms with Gasteiger partial charge in [-0.2, -0.15) is 0 Å². The van der Waals surface area contributed by atoms with E-state index in [4.69, 9.17) is 0 Å². The van der Waals surface area contributed by atoms with Gasteiger partial charge in [0.1, 0.15) is 0 Å². The SMILES string of the molecule is COC(=O)C(=O)NCCCNS(C)(=O)=O.